The van der Waals surface area contributed by atoms with Gasteiger partial charge in [-0.15, -0.1) is 0 Å². The number of hydrogen-bond acceptors (Lipinski definition) is 2. The third-order valence-corrected chi connectivity index (χ3v) is 3.50. The maximum atomic E-state index is 11.2. The van der Waals surface area contributed by atoms with Gasteiger partial charge >= 0.3 is 0 Å². The average molecular weight is 283 g/mol. The number of halogens is 1. The predicted octanol–water partition coefficient (Wildman–Crippen LogP) is 4.91. The van der Waals surface area contributed by atoms with Gasteiger partial charge in [0.15, 0.2) is 0 Å². The first-order valence-electron chi connectivity index (χ1n) is 6.90. The molecule has 0 aliphatic carbocycles. The molecule has 106 valence electrons. The van der Waals surface area contributed by atoms with Gasteiger partial charge in [0.25, 0.3) is 0 Å². The smallest absolute Gasteiger partial charge is 0.132 e. The predicted molar refractivity (Wildman–Crippen MR) is 80.3 cm³/mol. The van der Waals surface area contributed by atoms with Crippen LogP contribution in [0.1, 0.15) is 57.1 Å². The Bertz CT molecular complexity index is 439. The number of carbonyl (C=O) groups excluding carboxylic acids is 1. The number of hydrogen-bond donors (Lipinski definition) is 0. The summed E-state index contributed by atoms with van der Waals surface area (Å²) >= 11 is 6.22. The molecule has 0 aliphatic rings. The zero-order valence-corrected chi connectivity index (χ0v) is 13.0. The second-order valence-electron chi connectivity index (χ2n) is 5.14. The summed E-state index contributed by atoms with van der Waals surface area (Å²) in [4.78, 5) is 11.2. The number of aryl methyl sites for hydroxylation is 1. The number of benzene rings is 1. The standard InChI is InChI=1S/C16H23ClO2/c1-5-13(18)7-6-8-19-16-10-14(11(2)3)15(17)9-12(16)4/h9-11H,5-8H2,1-4H3. The normalized spacial score (nSPS) is 10.8. The summed E-state index contributed by atoms with van der Waals surface area (Å²) < 4.78 is 5.77. The minimum Gasteiger partial charge on any atom is -0.493 e. The van der Waals surface area contributed by atoms with Crippen LogP contribution in [0.25, 0.3) is 0 Å². The second kappa shape index (κ2) is 7.54. The summed E-state index contributed by atoms with van der Waals surface area (Å²) in [6.45, 7) is 8.68. The molecule has 1 aromatic carbocycles. The molecule has 0 aromatic heterocycles. The van der Waals surface area contributed by atoms with Gasteiger partial charge in [-0.25, -0.2) is 0 Å². The van der Waals surface area contributed by atoms with E-state index in [1.165, 1.54) is 0 Å². The SMILES string of the molecule is CCC(=O)CCCOc1cc(C(C)C)c(Cl)cc1C. The van der Waals surface area contributed by atoms with Crippen LogP contribution in [0.2, 0.25) is 5.02 Å². The molecule has 0 radical (unpaired) electrons. The first-order valence-corrected chi connectivity index (χ1v) is 7.28. The summed E-state index contributed by atoms with van der Waals surface area (Å²) in [5.74, 6) is 1.54. The maximum Gasteiger partial charge on any atom is 0.132 e. The molecule has 2 nitrogen and oxygen atoms in total. The van der Waals surface area contributed by atoms with Crippen LogP contribution >= 0.6 is 11.6 Å². The molecule has 0 aliphatic heterocycles. The highest BCUT2D eigenvalue weighted by Gasteiger charge is 2.10. The first-order chi connectivity index (χ1) is 8.95. The van der Waals surface area contributed by atoms with Gasteiger partial charge in [-0.2, -0.15) is 0 Å². The maximum absolute atomic E-state index is 11.2. The monoisotopic (exact) mass is 282 g/mol. The van der Waals surface area contributed by atoms with Crippen LogP contribution in [0.15, 0.2) is 12.1 Å². The molecular formula is C16H23ClO2. The lowest BCUT2D eigenvalue weighted by molar-refractivity contribution is -0.118. The lowest BCUT2D eigenvalue weighted by Gasteiger charge is -2.14. The summed E-state index contributed by atoms with van der Waals surface area (Å²) in [5, 5.41) is 0.793. The zero-order valence-electron chi connectivity index (χ0n) is 12.3. The number of carbonyl (C=O) groups is 1. The second-order valence-corrected chi connectivity index (χ2v) is 5.55. The van der Waals surface area contributed by atoms with E-state index < -0.39 is 0 Å². The van der Waals surface area contributed by atoms with E-state index in [1.807, 2.05) is 26.0 Å². The molecule has 3 heteroatoms. The van der Waals surface area contributed by atoms with Crippen LogP contribution in [0, 0.1) is 6.92 Å². The van der Waals surface area contributed by atoms with Crippen molar-refractivity contribution in [3.63, 3.8) is 0 Å². The van der Waals surface area contributed by atoms with Crippen LogP contribution in [0.3, 0.4) is 0 Å². The fraction of sp³-hybridized carbons (Fsp3) is 0.562. The third-order valence-electron chi connectivity index (χ3n) is 3.17. The van der Waals surface area contributed by atoms with Gasteiger partial charge in [0.1, 0.15) is 11.5 Å². The van der Waals surface area contributed by atoms with Crippen molar-refractivity contribution < 1.29 is 9.53 Å². The van der Waals surface area contributed by atoms with Crippen molar-refractivity contribution in [1.29, 1.82) is 0 Å². The summed E-state index contributed by atoms with van der Waals surface area (Å²) in [7, 11) is 0. The first kappa shape index (κ1) is 16.0. The van der Waals surface area contributed by atoms with Crippen molar-refractivity contribution in [2.24, 2.45) is 0 Å². The van der Waals surface area contributed by atoms with Gasteiger partial charge in [0, 0.05) is 17.9 Å². The molecule has 0 amide bonds. The minimum absolute atomic E-state index is 0.291. The highest BCUT2D eigenvalue weighted by molar-refractivity contribution is 6.31. The number of ether oxygens (including phenoxy) is 1. The van der Waals surface area contributed by atoms with E-state index in [2.05, 4.69) is 13.8 Å². The Morgan fingerprint density at radius 2 is 2.05 bits per heavy atom. The molecule has 1 aromatic rings. The van der Waals surface area contributed by atoms with Crippen molar-refractivity contribution in [1.82, 2.24) is 0 Å². The van der Waals surface area contributed by atoms with Gasteiger partial charge in [-0.05, 0) is 42.5 Å². The highest BCUT2D eigenvalue weighted by atomic mass is 35.5. The molecule has 0 spiro atoms. The van der Waals surface area contributed by atoms with Crippen LogP contribution < -0.4 is 4.74 Å². The van der Waals surface area contributed by atoms with Gasteiger partial charge in [0.05, 0.1) is 6.61 Å². The van der Waals surface area contributed by atoms with Gasteiger partial charge < -0.3 is 4.74 Å². The number of Topliss-reactive ketones (excluding diaryl/α,β-unsaturated/α-hetero) is 1. The zero-order chi connectivity index (χ0) is 14.4. The Morgan fingerprint density at radius 3 is 2.63 bits per heavy atom. The Hall–Kier alpha value is -1.02. The molecule has 0 saturated heterocycles. The fourth-order valence-electron chi connectivity index (χ4n) is 1.89. The Kier molecular flexibility index (Phi) is 6.36. The summed E-state index contributed by atoms with van der Waals surface area (Å²) in [5.41, 5.74) is 2.14. The van der Waals surface area contributed by atoms with Crippen LogP contribution in [0.5, 0.6) is 5.75 Å². The van der Waals surface area contributed by atoms with Crippen molar-refractivity contribution in [3.8, 4) is 5.75 Å². The summed E-state index contributed by atoms with van der Waals surface area (Å²) in [6.07, 6.45) is 1.98. The Balaban J connectivity index is 2.63. The van der Waals surface area contributed by atoms with Crippen molar-refractivity contribution in [2.75, 3.05) is 6.61 Å². The van der Waals surface area contributed by atoms with Crippen molar-refractivity contribution >= 4 is 17.4 Å². The van der Waals surface area contributed by atoms with E-state index in [1.54, 1.807) is 0 Å². The van der Waals surface area contributed by atoms with Crippen LogP contribution in [0.4, 0.5) is 0 Å². The van der Waals surface area contributed by atoms with Gasteiger partial charge in [-0.3, -0.25) is 4.79 Å². The Morgan fingerprint density at radius 1 is 1.37 bits per heavy atom. The molecule has 0 bridgehead atoms. The van der Waals surface area contributed by atoms with E-state index >= 15 is 0 Å². The molecule has 1 rings (SSSR count). The topological polar surface area (TPSA) is 26.3 Å². The lowest BCUT2D eigenvalue weighted by atomic mass is 10.0. The van der Waals surface area contributed by atoms with Crippen molar-refractivity contribution in [2.45, 2.75) is 52.9 Å². The molecular weight excluding hydrogens is 260 g/mol. The Labute approximate surface area is 121 Å². The lowest BCUT2D eigenvalue weighted by Crippen LogP contribution is -2.04. The van der Waals surface area contributed by atoms with E-state index in [-0.39, 0.29) is 0 Å². The molecule has 0 unspecified atom stereocenters. The molecule has 19 heavy (non-hydrogen) atoms. The molecule has 0 N–H and O–H groups in total. The summed E-state index contributed by atoms with van der Waals surface area (Å²) in [6, 6.07) is 3.97. The number of ketones is 1. The fourth-order valence-corrected chi connectivity index (χ4v) is 2.33. The van der Waals surface area contributed by atoms with Gasteiger partial charge in [0.2, 0.25) is 0 Å². The molecule has 0 heterocycles. The number of rotatable bonds is 7. The quantitative estimate of drug-likeness (QED) is 0.664. The van der Waals surface area contributed by atoms with Crippen molar-refractivity contribution in [3.05, 3.63) is 28.3 Å². The molecule has 0 fully saturated rings. The van der Waals surface area contributed by atoms with E-state index in [0.717, 1.165) is 28.3 Å². The molecule has 0 atom stereocenters. The van der Waals surface area contributed by atoms with Gasteiger partial charge in [-0.1, -0.05) is 32.4 Å². The van der Waals surface area contributed by atoms with E-state index in [4.69, 9.17) is 16.3 Å². The molecule has 0 saturated carbocycles. The van der Waals surface area contributed by atoms with E-state index in [0.29, 0.717) is 31.1 Å². The van der Waals surface area contributed by atoms with E-state index in [9.17, 15) is 4.79 Å². The average Bonchev–Trinajstić information content (AvgIpc) is 2.35. The largest absolute Gasteiger partial charge is 0.493 e. The third kappa shape index (κ3) is 4.87. The van der Waals surface area contributed by atoms with Crippen LogP contribution in [-0.4, -0.2) is 12.4 Å². The minimum atomic E-state index is 0.291. The van der Waals surface area contributed by atoms with Crippen LogP contribution in [-0.2, 0) is 4.79 Å². The highest BCUT2D eigenvalue weighted by Crippen LogP contribution is 2.31.